The van der Waals surface area contributed by atoms with Gasteiger partial charge in [-0.15, -0.1) is 0 Å². The van der Waals surface area contributed by atoms with E-state index in [1.54, 1.807) is 6.92 Å². The fourth-order valence-electron chi connectivity index (χ4n) is 8.53. The zero-order valence-electron chi connectivity index (χ0n) is 26.6. The van der Waals surface area contributed by atoms with Crippen molar-refractivity contribution in [2.45, 2.75) is 68.9 Å². The van der Waals surface area contributed by atoms with E-state index in [-0.39, 0.29) is 42.0 Å². The molecule has 0 radical (unpaired) electrons. The number of rotatable bonds is 7. The SMILES string of the molecule is C=C(C)[C@]12C[C@@H](C)[C@@]34OC(Cc5ccccc5)(O[C@@H]1[C@@H]3C=C(COC(=O)Oc1cc(I)c(O)c(OC)c1)C[C@]1(O)C(=O)C(C)=C[C@@H]41)O2. The molecule has 11 heteroatoms. The van der Waals surface area contributed by atoms with Gasteiger partial charge in [0.2, 0.25) is 0 Å². The number of carbonyl (C=O) groups excluding carboxylic acids is 2. The number of phenolic OH excluding ortho intramolecular Hbond substituents is 1. The minimum absolute atomic E-state index is 0.0732. The molecule has 3 fully saturated rings. The maximum atomic E-state index is 13.8. The van der Waals surface area contributed by atoms with Crippen molar-refractivity contribution in [1.29, 1.82) is 0 Å². The van der Waals surface area contributed by atoms with Gasteiger partial charge in [0.1, 0.15) is 29.7 Å². The molecule has 2 aliphatic heterocycles. The molecule has 2 aromatic carbocycles. The van der Waals surface area contributed by atoms with Gasteiger partial charge in [0.15, 0.2) is 17.3 Å². The highest BCUT2D eigenvalue weighted by Crippen LogP contribution is 2.68. The number of ketones is 1. The molecule has 8 atom stereocenters. The largest absolute Gasteiger partial charge is 0.514 e. The number of fused-ring (bicyclic) bond motifs is 2. The maximum Gasteiger partial charge on any atom is 0.514 e. The molecule has 0 aromatic heterocycles. The monoisotopic (exact) mass is 756 g/mol. The molecule has 2 N–H and O–H groups in total. The zero-order chi connectivity index (χ0) is 33.5. The van der Waals surface area contributed by atoms with Gasteiger partial charge < -0.3 is 38.6 Å². The van der Waals surface area contributed by atoms with Gasteiger partial charge in [0.25, 0.3) is 5.97 Å². The number of aliphatic hydroxyl groups is 1. The van der Waals surface area contributed by atoms with Gasteiger partial charge in [-0.2, -0.15) is 0 Å². The summed E-state index contributed by atoms with van der Waals surface area (Å²) in [6.45, 7) is 9.79. The topological polar surface area (TPSA) is 130 Å². The van der Waals surface area contributed by atoms with Crippen LogP contribution < -0.4 is 9.47 Å². The summed E-state index contributed by atoms with van der Waals surface area (Å²) in [7, 11) is 1.39. The molecule has 0 amide bonds. The smallest absolute Gasteiger partial charge is 0.504 e. The van der Waals surface area contributed by atoms with Crippen molar-refractivity contribution < 1.29 is 48.2 Å². The molecule has 1 unspecified atom stereocenters. The van der Waals surface area contributed by atoms with Crippen LogP contribution in [0, 0.1) is 21.3 Å². The summed E-state index contributed by atoms with van der Waals surface area (Å²) in [5.74, 6) is -3.07. The highest BCUT2D eigenvalue weighted by molar-refractivity contribution is 14.1. The van der Waals surface area contributed by atoms with Crippen LogP contribution in [0.5, 0.6) is 17.2 Å². The number of halogens is 1. The lowest BCUT2D eigenvalue weighted by molar-refractivity contribution is -0.421. The van der Waals surface area contributed by atoms with E-state index in [2.05, 4.69) is 13.5 Å². The first-order chi connectivity index (χ1) is 22.3. The molecule has 2 saturated heterocycles. The van der Waals surface area contributed by atoms with Crippen molar-refractivity contribution in [3.63, 3.8) is 0 Å². The van der Waals surface area contributed by atoms with Crippen LogP contribution in [0.2, 0.25) is 0 Å². The Morgan fingerprint density at radius 3 is 2.62 bits per heavy atom. The van der Waals surface area contributed by atoms with Gasteiger partial charge in [-0.1, -0.05) is 56.0 Å². The third kappa shape index (κ3) is 4.79. The number of phenols is 1. The van der Waals surface area contributed by atoms with Crippen molar-refractivity contribution in [3.05, 3.63) is 87.0 Å². The molecule has 3 bridgehead atoms. The van der Waals surface area contributed by atoms with Crippen LogP contribution in [0.4, 0.5) is 4.79 Å². The highest BCUT2D eigenvalue weighted by atomic mass is 127. The van der Waals surface area contributed by atoms with E-state index in [1.807, 2.05) is 72.0 Å². The number of Topliss-reactive ketones (excluding diaryl/α,β-unsaturated/α-hetero) is 1. The maximum absolute atomic E-state index is 13.8. The average molecular weight is 757 g/mol. The van der Waals surface area contributed by atoms with E-state index in [0.717, 1.165) is 11.1 Å². The molecule has 0 spiro atoms. The second kappa shape index (κ2) is 11.2. The molecule has 248 valence electrons. The first-order valence-electron chi connectivity index (χ1n) is 15.6. The van der Waals surface area contributed by atoms with Crippen LogP contribution in [-0.2, 0) is 30.2 Å². The van der Waals surface area contributed by atoms with Crippen molar-refractivity contribution in [2.75, 3.05) is 13.7 Å². The second-order valence-corrected chi connectivity index (χ2v) is 14.6. The highest BCUT2D eigenvalue weighted by Gasteiger charge is 2.79. The Hall–Kier alpha value is -3.23. The van der Waals surface area contributed by atoms with E-state index in [1.165, 1.54) is 19.2 Å². The van der Waals surface area contributed by atoms with Crippen molar-refractivity contribution in [2.24, 2.45) is 17.8 Å². The predicted octanol–water partition coefficient (Wildman–Crippen LogP) is 5.78. The predicted molar refractivity (Wildman–Crippen MR) is 177 cm³/mol. The molecule has 2 heterocycles. The standard InChI is InChI=1S/C36H37IO10/c1-19(2)34-15-21(4)36-25(31(34)45-35(46-34,47-36)17-22-9-7-6-8-10-22)12-23(16-33(41)28(36)11-20(3)30(33)39)18-43-32(40)44-24-13-26(37)29(38)27(14-24)42-5/h6-14,21,25,28,31,38,41H,1,15-18H2,2-5H3/t21-,25+,28-,31-,33-,34-,35?,36-/m1/s1. The molecular formula is C36H37IO10. The van der Waals surface area contributed by atoms with Gasteiger partial charge in [0, 0.05) is 24.3 Å². The third-order valence-corrected chi connectivity index (χ3v) is 11.3. The minimum atomic E-state index is -1.85. The Bertz CT molecular complexity index is 1740. The van der Waals surface area contributed by atoms with Crippen molar-refractivity contribution >= 4 is 34.5 Å². The number of hydrogen-bond donors (Lipinski definition) is 2. The van der Waals surface area contributed by atoms with Crippen LogP contribution in [0.25, 0.3) is 0 Å². The van der Waals surface area contributed by atoms with Gasteiger partial charge in [-0.25, -0.2) is 4.79 Å². The quantitative estimate of drug-likeness (QED) is 0.155. The van der Waals surface area contributed by atoms with Crippen molar-refractivity contribution in [3.8, 4) is 17.2 Å². The van der Waals surface area contributed by atoms with Gasteiger partial charge in [0.05, 0.1) is 22.7 Å². The zero-order valence-corrected chi connectivity index (χ0v) is 28.7. The molecule has 7 rings (SSSR count). The van der Waals surface area contributed by atoms with Crippen LogP contribution in [0.1, 0.15) is 39.2 Å². The Morgan fingerprint density at radius 1 is 1.17 bits per heavy atom. The molecule has 3 aliphatic carbocycles. The first kappa shape index (κ1) is 32.3. The molecule has 5 aliphatic rings. The van der Waals surface area contributed by atoms with Crippen LogP contribution in [-0.4, -0.2) is 64.7 Å². The second-order valence-electron chi connectivity index (χ2n) is 13.4. The summed E-state index contributed by atoms with van der Waals surface area (Å²) in [6.07, 6.45) is 2.98. The number of methoxy groups -OCH3 is 1. The Balaban J connectivity index is 1.26. The normalized spacial score (nSPS) is 36.5. The lowest BCUT2D eigenvalue weighted by Gasteiger charge is -2.59. The Labute approximate surface area is 286 Å². The van der Waals surface area contributed by atoms with Crippen LogP contribution in [0.3, 0.4) is 0 Å². The number of aromatic hydroxyl groups is 1. The number of benzene rings is 2. The van der Waals surface area contributed by atoms with E-state index >= 15 is 0 Å². The van der Waals surface area contributed by atoms with E-state index in [9.17, 15) is 19.8 Å². The Morgan fingerprint density at radius 2 is 1.91 bits per heavy atom. The van der Waals surface area contributed by atoms with Gasteiger partial charge >= 0.3 is 6.16 Å². The van der Waals surface area contributed by atoms with Crippen LogP contribution in [0.15, 0.2) is 77.9 Å². The lowest BCUT2D eigenvalue weighted by atomic mass is 9.55. The first-order valence-corrected chi connectivity index (χ1v) is 16.7. The fraction of sp³-hybridized carbons (Fsp3) is 0.444. The average Bonchev–Trinajstić information content (AvgIpc) is 3.33. The number of carbonyl (C=O) groups is 2. The van der Waals surface area contributed by atoms with E-state index in [4.69, 9.17) is 28.4 Å². The minimum Gasteiger partial charge on any atom is -0.504 e. The molecule has 2 aromatic rings. The summed E-state index contributed by atoms with van der Waals surface area (Å²) in [4.78, 5) is 26.7. The summed E-state index contributed by atoms with van der Waals surface area (Å²) in [6, 6.07) is 12.6. The third-order valence-electron chi connectivity index (χ3n) is 10.5. The molecule has 47 heavy (non-hydrogen) atoms. The molecule has 1 saturated carbocycles. The van der Waals surface area contributed by atoms with E-state index < -0.39 is 46.9 Å². The van der Waals surface area contributed by atoms with Gasteiger partial charge in [-0.3, -0.25) is 4.79 Å². The number of hydrogen-bond acceptors (Lipinski definition) is 10. The molecule has 10 nitrogen and oxygen atoms in total. The van der Waals surface area contributed by atoms with E-state index in [0.29, 0.717) is 27.6 Å². The summed E-state index contributed by atoms with van der Waals surface area (Å²) < 4.78 is 37.4. The van der Waals surface area contributed by atoms with Crippen LogP contribution >= 0.6 is 22.6 Å². The fourth-order valence-corrected chi connectivity index (χ4v) is 9.10. The molecular weight excluding hydrogens is 719 g/mol. The number of ether oxygens (including phenoxy) is 6. The van der Waals surface area contributed by atoms with Crippen molar-refractivity contribution in [1.82, 2.24) is 0 Å². The summed E-state index contributed by atoms with van der Waals surface area (Å²) in [5.41, 5.74) is -1.10. The van der Waals surface area contributed by atoms with Gasteiger partial charge in [-0.05, 0) is 77.1 Å². The summed E-state index contributed by atoms with van der Waals surface area (Å²) >= 11 is 1.90. The summed E-state index contributed by atoms with van der Waals surface area (Å²) in [5, 5.41) is 22.5. The lowest BCUT2D eigenvalue weighted by Crippen LogP contribution is -2.70. The Kier molecular flexibility index (Phi) is 7.68.